The number of aryl methyl sites for hydroxylation is 1. The van der Waals surface area contributed by atoms with Crippen LogP contribution in [-0.2, 0) is 4.79 Å². The van der Waals surface area contributed by atoms with E-state index in [4.69, 9.17) is 0 Å². The van der Waals surface area contributed by atoms with E-state index in [2.05, 4.69) is 31.5 Å². The number of hydrogen-bond acceptors (Lipinski definition) is 3. The van der Waals surface area contributed by atoms with Crippen molar-refractivity contribution in [1.82, 2.24) is 10.3 Å². The normalized spacial score (nSPS) is 16.3. The molecular weight excluding hydrogens is 306 g/mol. The molecule has 1 aliphatic rings. The molecule has 19 heavy (non-hydrogen) atoms. The third kappa shape index (κ3) is 4.58. The zero-order chi connectivity index (χ0) is 13.7. The molecule has 0 radical (unpaired) electrons. The van der Waals surface area contributed by atoms with Gasteiger partial charge in [0.15, 0.2) is 0 Å². The lowest BCUT2D eigenvalue weighted by Gasteiger charge is -2.22. The average molecular weight is 326 g/mol. The molecule has 5 heteroatoms. The van der Waals surface area contributed by atoms with Gasteiger partial charge in [0.2, 0.25) is 5.91 Å². The molecule has 1 aliphatic heterocycles. The number of nitrogens with one attached hydrogen (secondary N) is 2. The Bertz CT molecular complexity index is 444. The minimum atomic E-state index is 0.0662. The molecule has 4 nitrogen and oxygen atoms in total. The monoisotopic (exact) mass is 325 g/mol. The van der Waals surface area contributed by atoms with Gasteiger partial charge in [-0.15, -0.1) is 0 Å². The molecule has 1 amide bonds. The van der Waals surface area contributed by atoms with Gasteiger partial charge in [-0.1, -0.05) is 0 Å². The van der Waals surface area contributed by atoms with Gasteiger partial charge < -0.3 is 10.6 Å². The van der Waals surface area contributed by atoms with Gasteiger partial charge in [0.1, 0.15) is 5.82 Å². The third-order valence-electron chi connectivity index (χ3n) is 3.54. The Labute approximate surface area is 122 Å². The van der Waals surface area contributed by atoms with Gasteiger partial charge in [0, 0.05) is 17.1 Å². The van der Waals surface area contributed by atoms with E-state index in [0.29, 0.717) is 18.2 Å². The van der Waals surface area contributed by atoms with E-state index in [1.807, 2.05) is 13.0 Å². The van der Waals surface area contributed by atoms with E-state index in [0.717, 1.165) is 29.5 Å². The number of aromatic nitrogens is 1. The van der Waals surface area contributed by atoms with Gasteiger partial charge in [-0.2, -0.15) is 0 Å². The summed E-state index contributed by atoms with van der Waals surface area (Å²) in [6.07, 6.45) is 5.63. The van der Waals surface area contributed by atoms with Crippen LogP contribution < -0.4 is 10.6 Å². The molecule has 0 aliphatic carbocycles. The van der Waals surface area contributed by atoms with E-state index in [1.165, 1.54) is 12.8 Å². The molecule has 0 atom stereocenters. The second-order valence-electron chi connectivity index (χ2n) is 5.10. The molecule has 2 heterocycles. The maximum absolute atomic E-state index is 11.9. The van der Waals surface area contributed by atoms with Crippen molar-refractivity contribution in [3.8, 4) is 0 Å². The number of rotatable bonds is 4. The second kappa shape index (κ2) is 7.01. The zero-order valence-corrected chi connectivity index (χ0v) is 12.8. The van der Waals surface area contributed by atoms with Crippen LogP contribution in [0.4, 0.5) is 5.82 Å². The number of piperidine rings is 1. The lowest BCUT2D eigenvalue weighted by molar-refractivity contribution is -0.116. The summed E-state index contributed by atoms with van der Waals surface area (Å²) in [6.45, 7) is 4.11. The van der Waals surface area contributed by atoms with Gasteiger partial charge >= 0.3 is 0 Å². The van der Waals surface area contributed by atoms with E-state index in [9.17, 15) is 4.79 Å². The van der Waals surface area contributed by atoms with Crippen molar-refractivity contribution in [1.29, 1.82) is 0 Å². The Kier molecular flexibility index (Phi) is 5.34. The van der Waals surface area contributed by atoms with Crippen molar-refractivity contribution >= 4 is 27.7 Å². The molecule has 0 aromatic carbocycles. The summed E-state index contributed by atoms with van der Waals surface area (Å²) in [5.74, 6) is 1.42. The SMILES string of the molecule is Cc1cc(Br)cnc1NC(=O)CCC1CCNCC1. The van der Waals surface area contributed by atoms with E-state index < -0.39 is 0 Å². The Balaban J connectivity index is 1.80. The fourth-order valence-corrected chi connectivity index (χ4v) is 2.82. The third-order valence-corrected chi connectivity index (χ3v) is 3.97. The molecule has 0 saturated carbocycles. The van der Waals surface area contributed by atoms with Crippen LogP contribution in [0.25, 0.3) is 0 Å². The number of carbonyl (C=O) groups is 1. The van der Waals surface area contributed by atoms with Gasteiger partial charge in [0.25, 0.3) is 0 Å². The number of anilines is 1. The highest BCUT2D eigenvalue weighted by atomic mass is 79.9. The largest absolute Gasteiger partial charge is 0.317 e. The Hall–Kier alpha value is -0.940. The maximum Gasteiger partial charge on any atom is 0.225 e. The Morgan fingerprint density at radius 1 is 1.53 bits per heavy atom. The molecule has 1 aromatic heterocycles. The predicted molar refractivity (Wildman–Crippen MR) is 80.1 cm³/mol. The summed E-state index contributed by atoms with van der Waals surface area (Å²) >= 11 is 3.36. The molecule has 1 saturated heterocycles. The average Bonchev–Trinajstić information content (AvgIpc) is 2.41. The molecule has 0 bridgehead atoms. The zero-order valence-electron chi connectivity index (χ0n) is 11.2. The number of pyridine rings is 1. The summed E-state index contributed by atoms with van der Waals surface area (Å²) in [7, 11) is 0. The maximum atomic E-state index is 11.9. The minimum absolute atomic E-state index is 0.0662. The van der Waals surface area contributed by atoms with Gasteiger partial charge in [0.05, 0.1) is 0 Å². The lowest BCUT2D eigenvalue weighted by Crippen LogP contribution is -2.28. The highest BCUT2D eigenvalue weighted by molar-refractivity contribution is 9.10. The van der Waals surface area contributed by atoms with E-state index in [-0.39, 0.29) is 5.91 Å². The molecule has 104 valence electrons. The quantitative estimate of drug-likeness (QED) is 0.895. The van der Waals surface area contributed by atoms with E-state index in [1.54, 1.807) is 6.20 Å². The van der Waals surface area contributed by atoms with Crippen molar-refractivity contribution in [2.75, 3.05) is 18.4 Å². The molecule has 0 spiro atoms. The van der Waals surface area contributed by atoms with Crippen molar-refractivity contribution in [2.24, 2.45) is 5.92 Å². The Morgan fingerprint density at radius 3 is 2.95 bits per heavy atom. The molecule has 2 N–H and O–H groups in total. The topological polar surface area (TPSA) is 54.0 Å². The van der Waals surface area contributed by atoms with Crippen LogP contribution in [0.2, 0.25) is 0 Å². The summed E-state index contributed by atoms with van der Waals surface area (Å²) in [4.78, 5) is 16.1. The van der Waals surface area contributed by atoms with Crippen LogP contribution in [-0.4, -0.2) is 24.0 Å². The predicted octanol–water partition coefficient (Wildman–Crippen LogP) is 2.87. The van der Waals surface area contributed by atoms with Crippen LogP contribution in [0, 0.1) is 12.8 Å². The summed E-state index contributed by atoms with van der Waals surface area (Å²) < 4.78 is 0.928. The number of hydrogen-bond donors (Lipinski definition) is 2. The Morgan fingerprint density at radius 2 is 2.26 bits per heavy atom. The fourth-order valence-electron chi connectivity index (χ4n) is 2.37. The smallest absolute Gasteiger partial charge is 0.225 e. The van der Waals surface area contributed by atoms with Crippen LogP contribution in [0.5, 0.6) is 0 Å². The number of amides is 1. The van der Waals surface area contributed by atoms with Crippen molar-refractivity contribution in [2.45, 2.75) is 32.6 Å². The van der Waals surface area contributed by atoms with Gasteiger partial charge in [-0.05, 0) is 72.8 Å². The first-order valence-corrected chi connectivity index (χ1v) is 7.57. The van der Waals surface area contributed by atoms with Gasteiger partial charge in [-0.3, -0.25) is 4.79 Å². The lowest BCUT2D eigenvalue weighted by atomic mass is 9.93. The first-order valence-electron chi connectivity index (χ1n) is 6.78. The number of carbonyl (C=O) groups excluding carboxylic acids is 1. The second-order valence-corrected chi connectivity index (χ2v) is 6.01. The standard InChI is InChI=1S/C14H20BrN3O/c1-10-8-12(15)9-17-14(10)18-13(19)3-2-11-4-6-16-7-5-11/h8-9,11,16H,2-7H2,1H3,(H,17,18,19). The molecule has 1 aromatic rings. The molecule has 2 rings (SSSR count). The van der Waals surface area contributed by atoms with Crippen molar-refractivity contribution < 1.29 is 4.79 Å². The highest BCUT2D eigenvalue weighted by Gasteiger charge is 2.15. The van der Waals surface area contributed by atoms with Crippen molar-refractivity contribution in [3.05, 3.63) is 22.3 Å². The first-order chi connectivity index (χ1) is 9.15. The first kappa shape index (κ1) is 14.5. The van der Waals surface area contributed by atoms with Gasteiger partial charge in [-0.25, -0.2) is 4.98 Å². The van der Waals surface area contributed by atoms with Crippen LogP contribution in [0.1, 0.15) is 31.2 Å². The van der Waals surface area contributed by atoms with E-state index >= 15 is 0 Å². The fraction of sp³-hybridized carbons (Fsp3) is 0.571. The molecular formula is C14H20BrN3O. The number of nitrogens with zero attached hydrogens (tertiary/aromatic N) is 1. The minimum Gasteiger partial charge on any atom is -0.317 e. The van der Waals surface area contributed by atoms with Crippen LogP contribution in [0.15, 0.2) is 16.7 Å². The summed E-state index contributed by atoms with van der Waals surface area (Å²) in [5.41, 5.74) is 0.976. The number of halogens is 1. The molecule has 1 fully saturated rings. The van der Waals surface area contributed by atoms with Crippen molar-refractivity contribution in [3.63, 3.8) is 0 Å². The highest BCUT2D eigenvalue weighted by Crippen LogP contribution is 2.20. The molecule has 0 unspecified atom stereocenters. The van der Waals surface area contributed by atoms with Crippen LogP contribution >= 0.6 is 15.9 Å². The summed E-state index contributed by atoms with van der Waals surface area (Å²) in [6, 6.07) is 1.95. The summed E-state index contributed by atoms with van der Waals surface area (Å²) in [5, 5.41) is 6.23. The van der Waals surface area contributed by atoms with Crippen LogP contribution in [0.3, 0.4) is 0 Å².